The van der Waals surface area contributed by atoms with E-state index < -0.39 is 0 Å². The Kier molecular flexibility index (Phi) is 4.55. The van der Waals surface area contributed by atoms with E-state index in [1.807, 2.05) is 0 Å². The van der Waals surface area contributed by atoms with Crippen LogP contribution in [0.5, 0.6) is 0 Å². The van der Waals surface area contributed by atoms with Gasteiger partial charge >= 0.3 is 0 Å². The van der Waals surface area contributed by atoms with Crippen LogP contribution in [-0.2, 0) is 5.41 Å². The van der Waals surface area contributed by atoms with E-state index in [4.69, 9.17) is 0 Å². The summed E-state index contributed by atoms with van der Waals surface area (Å²) in [5.41, 5.74) is 2.73. The maximum Gasteiger partial charge on any atom is 0.145 e. The van der Waals surface area contributed by atoms with Gasteiger partial charge in [0.15, 0.2) is 0 Å². The molecule has 0 bridgehead atoms. The summed E-state index contributed by atoms with van der Waals surface area (Å²) in [4.78, 5) is 4.29. The van der Waals surface area contributed by atoms with E-state index in [-0.39, 0.29) is 11.5 Å². The number of nitrogens with zero attached hydrogens (tertiary/aromatic N) is 2. The van der Waals surface area contributed by atoms with Gasteiger partial charge in [0.05, 0.1) is 6.04 Å². The molecule has 0 aliphatic rings. The molecule has 0 spiro atoms. The lowest BCUT2D eigenvalue weighted by Crippen LogP contribution is -2.24. The Balaban J connectivity index is 2.25. The quantitative estimate of drug-likeness (QED) is 0.879. The van der Waals surface area contributed by atoms with Crippen LogP contribution in [0, 0.1) is 0 Å². The normalized spacial score (nSPS) is 13.4. The number of hydrogen-bond acceptors (Lipinski definition) is 3. The van der Waals surface area contributed by atoms with Crippen molar-refractivity contribution in [3.05, 3.63) is 47.5 Å². The monoisotopic (exact) mass is 272 g/mol. The van der Waals surface area contributed by atoms with Crippen LogP contribution in [0.25, 0.3) is 0 Å². The molecule has 0 amide bonds. The van der Waals surface area contributed by atoms with Gasteiger partial charge in [0.25, 0.3) is 0 Å². The van der Waals surface area contributed by atoms with Crippen molar-refractivity contribution in [2.75, 3.05) is 6.54 Å². The molecule has 1 unspecified atom stereocenters. The maximum absolute atomic E-state index is 4.29. The van der Waals surface area contributed by atoms with E-state index >= 15 is 0 Å². The number of rotatable bonds is 5. The fourth-order valence-electron chi connectivity index (χ4n) is 2.19. The molecule has 0 fully saturated rings. The SMILES string of the molecule is CCCNC(c1ccc(C(C)(C)C)cc1)c1ncn[nH]1. The van der Waals surface area contributed by atoms with E-state index in [0.29, 0.717) is 0 Å². The Labute approximate surface area is 121 Å². The van der Waals surface area contributed by atoms with Crippen LogP contribution >= 0.6 is 0 Å². The summed E-state index contributed by atoms with van der Waals surface area (Å²) in [7, 11) is 0. The maximum atomic E-state index is 4.29. The Morgan fingerprint density at radius 1 is 1.20 bits per heavy atom. The summed E-state index contributed by atoms with van der Waals surface area (Å²) in [5.74, 6) is 0.863. The molecule has 4 nitrogen and oxygen atoms in total. The lowest BCUT2D eigenvalue weighted by Gasteiger charge is -2.21. The van der Waals surface area contributed by atoms with Gasteiger partial charge in [-0.25, -0.2) is 4.98 Å². The Morgan fingerprint density at radius 2 is 1.90 bits per heavy atom. The minimum absolute atomic E-state index is 0.0754. The average molecular weight is 272 g/mol. The fraction of sp³-hybridized carbons (Fsp3) is 0.500. The molecule has 2 rings (SSSR count). The summed E-state index contributed by atoms with van der Waals surface area (Å²) in [6.45, 7) is 9.79. The van der Waals surface area contributed by atoms with Crippen LogP contribution in [0.1, 0.15) is 57.1 Å². The van der Waals surface area contributed by atoms with Crippen molar-refractivity contribution in [2.45, 2.75) is 45.6 Å². The smallest absolute Gasteiger partial charge is 0.145 e. The second-order valence-corrected chi connectivity index (χ2v) is 6.13. The van der Waals surface area contributed by atoms with Crippen LogP contribution in [-0.4, -0.2) is 21.7 Å². The first-order valence-electron chi connectivity index (χ1n) is 7.21. The van der Waals surface area contributed by atoms with Crippen molar-refractivity contribution in [1.29, 1.82) is 0 Å². The van der Waals surface area contributed by atoms with Gasteiger partial charge in [-0.2, -0.15) is 5.10 Å². The molecule has 1 atom stereocenters. The lowest BCUT2D eigenvalue weighted by molar-refractivity contribution is 0.569. The van der Waals surface area contributed by atoms with Gasteiger partial charge in [0.1, 0.15) is 12.2 Å². The third-order valence-corrected chi connectivity index (χ3v) is 3.42. The topological polar surface area (TPSA) is 53.6 Å². The van der Waals surface area contributed by atoms with E-state index in [9.17, 15) is 0 Å². The molecule has 2 aromatic rings. The minimum atomic E-state index is 0.0754. The first-order chi connectivity index (χ1) is 9.52. The third-order valence-electron chi connectivity index (χ3n) is 3.42. The molecular weight excluding hydrogens is 248 g/mol. The molecule has 1 aromatic carbocycles. The third kappa shape index (κ3) is 3.45. The highest BCUT2D eigenvalue weighted by Gasteiger charge is 2.18. The fourth-order valence-corrected chi connectivity index (χ4v) is 2.19. The molecule has 108 valence electrons. The molecule has 0 aliphatic carbocycles. The highest BCUT2D eigenvalue weighted by atomic mass is 15.2. The van der Waals surface area contributed by atoms with E-state index in [2.05, 4.69) is 72.5 Å². The van der Waals surface area contributed by atoms with Gasteiger partial charge in [-0.15, -0.1) is 0 Å². The van der Waals surface area contributed by atoms with E-state index in [0.717, 1.165) is 18.8 Å². The second kappa shape index (κ2) is 6.18. The van der Waals surface area contributed by atoms with Crippen LogP contribution in [0.4, 0.5) is 0 Å². The largest absolute Gasteiger partial charge is 0.304 e. The molecule has 2 N–H and O–H groups in total. The van der Waals surface area contributed by atoms with Gasteiger partial charge in [0, 0.05) is 0 Å². The summed E-state index contributed by atoms with van der Waals surface area (Å²) in [6.07, 6.45) is 2.64. The zero-order valence-electron chi connectivity index (χ0n) is 12.8. The zero-order valence-corrected chi connectivity index (χ0v) is 12.8. The van der Waals surface area contributed by atoms with Crippen molar-refractivity contribution >= 4 is 0 Å². The number of benzene rings is 1. The van der Waals surface area contributed by atoms with E-state index in [1.165, 1.54) is 11.1 Å². The van der Waals surface area contributed by atoms with Crippen molar-refractivity contribution in [3.63, 3.8) is 0 Å². The van der Waals surface area contributed by atoms with Crippen LogP contribution in [0.15, 0.2) is 30.6 Å². The van der Waals surface area contributed by atoms with Crippen molar-refractivity contribution in [2.24, 2.45) is 0 Å². The van der Waals surface area contributed by atoms with Gasteiger partial charge in [0.2, 0.25) is 0 Å². The predicted octanol–water partition coefficient (Wildman–Crippen LogP) is 3.19. The summed E-state index contributed by atoms with van der Waals surface area (Å²) in [5, 5.41) is 10.4. The first-order valence-corrected chi connectivity index (χ1v) is 7.21. The Hall–Kier alpha value is -1.68. The zero-order chi connectivity index (χ0) is 14.6. The molecule has 4 heteroatoms. The number of hydrogen-bond donors (Lipinski definition) is 2. The lowest BCUT2D eigenvalue weighted by atomic mass is 9.86. The number of H-pyrrole nitrogens is 1. The van der Waals surface area contributed by atoms with E-state index in [1.54, 1.807) is 6.33 Å². The number of aromatic nitrogens is 3. The Morgan fingerprint density at radius 3 is 2.40 bits per heavy atom. The van der Waals surface area contributed by atoms with Crippen molar-refractivity contribution in [1.82, 2.24) is 20.5 Å². The van der Waals surface area contributed by atoms with Gasteiger partial charge in [-0.05, 0) is 29.5 Å². The molecule has 1 aromatic heterocycles. The molecule has 0 aliphatic heterocycles. The molecule has 1 heterocycles. The summed E-state index contributed by atoms with van der Waals surface area (Å²) < 4.78 is 0. The van der Waals surface area contributed by atoms with Gasteiger partial charge in [-0.3, -0.25) is 5.10 Å². The molecule has 0 saturated carbocycles. The highest BCUT2D eigenvalue weighted by Crippen LogP contribution is 2.25. The molecule has 0 saturated heterocycles. The molecular formula is C16H24N4. The highest BCUT2D eigenvalue weighted by molar-refractivity contribution is 5.31. The van der Waals surface area contributed by atoms with Crippen LogP contribution < -0.4 is 5.32 Å². The van der Waals surface area contributed by atoms with Crippen LogP contribution in [0.3, 0.4) is 0 Å². The standard InChI is InChI=1S/C16H24N4/c1-5-10-17-14(15-18-11-19-20-15)12-6-8-13(9-7-12)16(2,3)4/h6-9,11,14,17H,5,10H2,1-4H3,(H,18,19,20). The average Bonchev–Trinajstić information content (AvgIpc) is 2.93. The summed E-state index contributed by atoms with van der Waals surface area (Å²) >= 11 is 0. The van der Waals surface area contributed by atoms with Gasteiger partial charge in [-0.1, -0.05) is 52.0 Å². The first kappa shape index (κ1) is 14.7. The predicted molar refractivity (Wildman–Crippen MR) is 81.7 cm³/mol. The molecule has 0 radical (unpaired) electrons. The van der Waals surface area contributed by atoms with Crippen molar-refractivity contribution in [3.8, 4) is 0 Å². The summed E-state index contributed by atoms with van der Waals surface area (Å²) in [6, 6.07) is 8.83. The number of nitrogens with one attached hydrogen (secondary N) is 2. The van der Waals surface area contributed by atoms with Crippen LogP contribution in [0.2, 0.25) is 0 Å². The number of aromatic amines is 1. The minimum Gasteiger partial charge on any atom is -0.304 e. The van der Waals surface area contributed by atoms with Crippen molar-refractivity contribution < 1.29 is 0 Å². The Bertz CT molecular complexity index is 508. The molecule has 20 heavy (non-hydrogen) atoms. The van der Waals surface area contributed by atoms with Gasteiger partial charge < -0.3 is 5.32 Å². The second-order valence-electron chi connectivity index (χ2n) is 6.13.